The van der Waals surface area contributed by atoms with Gasteiger partial charge in [-0.3, -0.25) is 9.59 Å². The number of ketones is 1. The number of aliphatic hydroxyl groups excluding tert-OH is 2. The van der Waals surface area contributed by atoms with Gasteiger partial charge in [-0.1, -0.05) is 50.1 Å². The molecule has 0 amide bonds. The first-order valence-corrected chi connectivity index (χ1v) is 24.0. The average molecular weight is 855 g/mol. The summed E-state index contributed by atoms with van der Waals surface area (Å²) in [5.41, 5.74) is -3.11. The van der Waals surface area contributed by atoms with Gasteiger partial charge >= 0.3 is 11.9 Å². The number of Topliss-reactive ketones (excluding diaryl/α,β-unsaturated/α-hetero) is 1. The minimum Gasteiger partial charge on any atom is -0.469 e. The third-order valence-electron chi connectivity index (χ3n) is 18.9. The summed E-state index contributed by atoms with van der Waals surface area (Å²) in [5, 5.41) is 31.3. The maximum atomic E-state index is 15.5. The second-order valence-electron chi connectivity index (χ2n) is 21.9. The molecule has 14 unspecified atom stereocenters. The zero-order valence-electron chi connectivity index (χ0n) is 36.7. The summed E-state index contributed by atoms with van der Waals surface area (Å²) in [6.07, 6.45) is 8.38. The van der Waals surface area contributed by atoms with Gasteiger partial charge in [0.15, 0.2) is 11.9 Å². The van der Waals surface area contributed by atoms with Gasteiger partial charge in [-0.05, 0) is 119 Å². The quantitative estimate of drug-likeness (QED) is 0.182. The number of ether oxygens (including phenoxy) is 4. The van der Waals surface area contributed by atoms with Gasteiger partial charge in [0, 0.05) is 54.1 Å². The fourth-order valence-corrected chi connectivity index (χ4v) is 16.5. The normalized spacial score (nSPS) is 46.0. The van der Waals surface area contributed by atoms with E-state index in [-0.39, 0.29) is 49.1 Å². The predicted molar refractivity (Wildman–Crippen MR) is 225 cm³/mol. The summed E-state index contributed by atoms with van der Waals surface area (Å²) in [6, 6.07) is 13.0. The molecular weight excluding hydrogens is 789 g/mol. The van der Waals surface area contributed by atoms with E-state index in [2.05, 4.69) is 41.8 Å². The second-order valence-corrected chi connectivity index (χ2v) is 21.9. The average Bonchev–Trinajstić information content (AvgIpc) is 3.51. The molecule has 4 saturated carbocycles. The van der Waals surface area contributed by atoms with E-state index >= 15 is 4.79 Å². The van der Waals surface area contributed by atoms with Crippen LogP contribution in [-0.4, -0.2) is 89.9 Å². The van der Waals surface area contributed by atoms with Crippen LogP contribution in [0.15, 0.2) is 47.1 Å². The Kier molecular flexibility index (Phi) is 10.0. The highest BCUT2D eigenvalue weighted by Gasteiger charge is 2.93. The number of aliphatic hydroxyl groups is 2. The smallest absolute Gasteiger partial charge is 0.339 e. The fraction of sp³-hybridized carbons (Fsp3) is 0.740. The summed E-state index contributed by atoms with van der Waals surface area (Å²) in [4.78, 5) is 43.3. The molecule has 14 atom stereocenters. The number of hydrogen-bond donors (Lipinski definition) is 4. The molecule has 4 N–H and O–H groups in total. The van der Waals surface area contributed by atoms with E-state index in [9.17, 15) is 19.8 Å². The van der Waals surface area contributed by atoms with Crippen molar-refractivity contribution in [3.63, 3.8) is 0 Å². The van der Waals surface area contributed by atoms with Crippen molar-refractivity contribution in [2.75, 3.05) is 26.4 Å². The zero-order valence-corrected chi connectivity index (χ0v) is 36.7. The van der Waals surface area contributed by atoms with Crippen LogP contribution in [0.1, 0.15) is 114 Å². The largest absolute Gasteiger partial charge is 0.469 e. The first-order valence-electron chi connectivity index (χ1n) is 24.0. The van der Waals surface area contributed by atoms with Crippen LogP contribution < -0.4 is 10.6 Å². The Morgan fingerprint density at radius 2 is 1.74 bits per heavy atom. The predicted octanol–water partition coefficient (Wildman–Crippen LogP) is 5.61. The maximum Gasteiger partial charge on any atom is 0.339 e. The molecule has 2 aromatic rings. The van der Waals surface area contributed by atoms with Crippen LogP contribution in [0.3, 0.4) is 0 Å². The van der Waals surface area contributed by atoms with Gasteiger partial charge in [-0.25, -0.2) is 4.79 Å². The van der Waals surface area contributed by atoms with Crippen molar-refractivity contribution < 1.29 is 48.0 Å². The molecule has 62 heavy (non-hydrogen) atoms. The minimum atomic E-state index is -1.44. The lowest BCUT2D eigenvalue weighted by Crippen LogP contribution is -2.79. The van der Waals surface area contributed by atoms with Crippen LogP contribution in [0, 0.1) is 57.7 Å². The number of esters is 2. The summed E-state index contributed by atoms with van der Waals surface area (Å²) >= 11 is 0. The number of carbonyl (C=O) groups is 3. The summed E-state index contributed by atoms with van der Waals surface area (Å²) in [6.45, 7) is 7.93. The maximum absolute atomic E-state index is 15.5. The Hall–Kier alpha value is -3.13. The number of nitrogens with one attached hydrogen (secondary N) is 2. The van der Waals surface area contributed by atoms with E-state index in [0.717, 1.165) is 76.6 Å². The lowest BCUT2D eigenvalue weighted by atomic mass is 9.32. The third kappa shape index (κ3) is 5.74. The molecule has 5 saturated heterocycles. The molecule has 12 nitrogen and oxygen atoms in total. The molecule has 2 spiro atoms. The van der Waals surface area contributed by atoms with Gasteiger partial charge in [-0.2, -0.15) is 0 Å². The number of cyclic esters (lactones) is 2. The van der Waals surface area contributed by atoms with Gasteiger partial charge in [-0.15, -0.1) is 0 Å². The summed E-state index contributed by atoms with van der Waals surface area (Å²) in [7, 11) is 0. The van der Waals surface area contributed by atoms with Crippen molar-refractivity contribution in [1.29, 1.82) is 0 Å². The summed E-state index contributed by atoms with van der Waals surface area (Å²) < 4.78 is 32.8. The standard InChI is InChI=1S/C50H66N2O10/c1-46(2)41-40(55)42(56)49(33-11-7-10-29(21-33)20-28-8-5-4-6-9-28)37(48(41)26-59-39(54)23-38(48)61-46)16-18-47(3)43(60-45(57)44-50(47,49)62-44)34-17-19-58-36(34)22-32(25-53)30-12-14-31(15-13-30)35-24-51-27-52-35/h4-6,8-9,17,19,29-33,35,37-38,41-44,51-53,56H,7,10-16,18,20-27H2,1-3H3. The topological polar surface area (TPSA) is 169 Å². The minimum absolute atomic E-state index is 0.0159. The van der Waals surface area contributed by atoms with E-state index < -0.39 is 63.8 Å². The van der Waals surface area contributed by atoms with Gasteiger partial charge in [0.1, 0.15) is 30.2 Å². The number of benzene rings is 1. The number of epoxide rings is 1. The van der Waals surface area contributed by atoms with Gasteiger partial charge in [0.2, 0.25) is 0 Å². The van der Waals surface area contributed by atoms with Gasteiger partial charge in [0.05, 0.1) is 30.3 Å². The van der Waals surface area contributed by atoms with E-state index in [1.54, 1.807) is 6.26 Å². The Balaban J connectivity index is 0.991. The van der Waals surface area contributed by atoms with Crippen molar-refractivity contribution in [2.24, 2.45) is 57.7 Å². The molecule has 1 aromatic carbocycles. The Bertz CT molecular complexity index is 2060. The SMILES string of the molecule is CC1(C)OC2CC(=O)OCC23C1C(=O)C(O)C1(C2CCCC(Cc4ccccc4)C2)C3CCC2(C)C(c3ccoc3CC(CO)C3CCC(C4CNCN4)CC3)OC(=O)C3OC321. The number of carbonyl (C=O) groups excluding carboxylic acids is 3. The molecule has 12 heteroatoms. The highest BCUT2D eigenvalue weighted by atomic mass is 16.7. The van der Waals surface area contributed by atoms with E-state index in [4.69, 9.17) is 23.4 Å². The molecule has 0 radical (unpaired) electrons. The second kappa shape index (κ2) is 15.0. The summed E-state index contributed by atoms with van der Waals surface area (Å²) in [5.74, 6) is -0.360. The molecule has 9 aliphatic rings. The Labute approximate surface area is 364 Å². The monoisotopic (exact) mass is 854 g/mol. The van der Waals surface area contributed by atoms with E-state index in [1.165, 1.54) is 5.56 Å². The number of hydrogen-bond acceptors (Lipinski definition) is 12. The molecule has 0 bridgehead atoms. The Morgan fingerprint density at radius 1 is 0.935 bits per heavy atom. The Morgan fingerprint density at radius 3 is 2.50 bits per heavy atom. The molecule has 11 rings (SSSR count). The lowest BCUT2D eigenvalue weighted by molar-refractivity contribution is -0.276. The van der Waals surface area contributed by atoms with Crippen LogP contribution in [-0.2, 0) is 46.2 Å². The number of fused-ring (bicyclic) bond motifs is 1. The molecule has 6 heterocycles. The highest BCUT2D eigenvalue weighted by Crippen LogP contribution is 2.82. The molecule has 4 aliphatic carbocycles. The van der Waals surface area contributed by atoms with Gasteiger partial charge in [0.25, 0.3) is 0 Å². The molecule has 9 fully saturated rings. The van der Waals surface area contributed by atoms with Crippen LogP contribution in [0.4, 0.5) is 0 Å². The third-order valence-corrected chi connectivity index (χ3v) is 18.9. The molecular formula is C50H66N2O10. The molecule has 1 aromatic heterocycles. The van der Waals surface area contributed by atoms with Gasteiger partial charge < -0.3 is 44.2 Å². The van der Waals surface area contributed by atoms with Crippen LogP contribution >= 0.6 is 0 Å². The van der Waals surface area contributed by atoms with Crippen molar-refractivity contribution in [3.8, 4) is 0 Å². The van der Waals surface area contributed by atoms with Crippen molar-refractivity contribution >= 4 is 17.7 Å². The highest BCUT2D eigenvalue weighted by molar-refractivity contribution is 5.92. The van der Waals surface area contributed by atoms with Crippen molar-refractivity contribution in [1.82, 2.24) is 10.6 Å². The first-order chi connectivity index (χ1) is 29.9. The van der Waals surface area contributed by atoms with Crippen molar-refractivity contribution in [2.45, 2.75) is 146 Å². The van der Waals surface area contributed by atoms with E-state index in [0.29, 0.717) is 48.8 Å². The van der Waals surface area contributed by atoms with Crippen LogP contribution in [0.25, 0.3) is 0 Å². The number of furan rings is 1. The van der Waals surface area contributed by atoms with Crippen molar-refractivity contribution in [3.05, 3.63) is 59.5 Å². The number of rotatable bonds is 9. The van der Waals surface area contributed by atoms with Crippen LogP contribution in [0.5, 0.6) is 0 Å². The first kappa shape index (κ1) is 41.6. The molecule has 5 aliphatic heterocycles. The zero-order chi connectivity index (χ0) is 42.8. The lowest BCUT2D eigenvalue weighted by Gasteiger charge is -2.70. The fourth-order valence-electron chi connectivity index (χ4n) is 16.5. The molecule has 336 valence electrons. The van der Waals surface area contributed by atoms with Crippen LogP contribution in [0.2, 0.25) is 0 Å². The van der Waals surface area contributed by atoms with E-state index in [1.807, 2.05) is 26.0 Å².